The molecule has 6 nitrogen and oxygen atoms in total. The molecule has 1 aliphatic heterocycles. The molecule has 8 heteroatoms. The molecule has 0 spiro atoms. The molecule has 1 aliphatic rings. The van der Waals surface area contributed by atoms with Crippen LogP contribution in [0.2, 0.25) is 0 Å². The van der Waals surface area contributed by atoms with Gasteiger partial charge in [-0.05, 0) is 48.4 Å². The Balaban J connectivity index is 1.73. The van der Waals surface area contributed by atoms with Gasteiger partial charge < -0.3 is 14.5 Å². The average molecular weight is 421 g/mol. The van der Waals surface area contributed by atoms with Gasteiger partial charge in [0.2, 0.25) is 0 Å². The summed E-state index contributed by atoms with van der Waals surface area (Å²) in [6.45, 7) is 0.0669. The average Bonchev–Trinajstić information content (AvgIpc) is 3.05. The van der Waals surface area contributed by atoms with Crippen LogP contribution < -0.4 is 9.64 Å². The van der Waals surface area contributed by atoms with E-state index in [1.807, 2.05) is 43.3 Å². The van der Waals surface area contributed by atoms with Crippen LogP contribution in [0.15, 0.2) is 48.5 Å². The van der Waals surface area contributed by atoms with E-state index in [0.29, 0.717) is 18.7 Å². The van der Waals surface area contributed by atoms with E-state index in [-0.39, 0.29) is 35.9 Å². The number of anilines is 1. The van der Waals surface area contributed by atoms with Crippen LogP contribution >= 0.6 is 0 Å². The number of hydrogen-bond acceptors (Lipinski definition) is 5. The number of carbonyl (C=O) groups is 1. The number of ether oxygens (including phenoxy) is 1. The standard InChI is InChI=1S/C21H25FN2O4S/c1-23(2)18-7-3-16(4-8-18)13-24(19-11-12-29(26,27)15-19)21(25)14-28-20-9-5-17(22)6-10-20/h3-10,19H,11-15H2,1-2H3/t19-/m0/s1. The topological polar surface area (TPSA) is 66.9 Å². The van der Waals surface area contributed by atoms with Crippen LogP contribution in [0.1, 0.15) is 12.0 Å². The lowest BCUT2D eigenvalue weighted by Gasteiger charge is -2.28. The predicted molar refractivity (Wildman–Crippen MR) is 110 cm³/mol. The Labute approximate surface area is 170 Å². The Bertz CT molecular complexity index is 944. The molecule has 1 atom stereocenters. The van der Waals surface area contributed by atoms with Crippen molar-refractivity contribution in [2.24, 2.45) is 0 Å². The highest BCUT2D eigenvalue weighted by atomic mass is 32.2. The summed E-state index contributed by atoms with van der Waals surface area (Å²) in [5.74, 6) is -0.255. The van der Waals surface area contributed by atoms with E-state index < -0.39 is 9.84 Å². The number of nitrogens with zero attached hydrogens (tertiary/aromatic N) is 2. The zero-order valence-corrected chi connectivity index (χ0v) is 17.4. The number of rotatable bonds is 7. The molecule has 29 heavy (non-hydrogen) atoms. The molecule has 1 saturated heterocycles. The summed E-state index contributed by atoms with van der Waals surface area (Å²) in [7, 11) is 0.752. The molecule has 1 amide bonds. The molecule has 0 aliphatic carbocycles. The zero-order valence-electron chi connectivity index (χ0n) is 16.5. The molecule has 2 aromatic carbocycles. The van der Waals surface area contributed by atoms with Crippen molar-refractivity contribution in [3.8, 4) is 5.75 Å². The summed E-state index contributed by atoms with van der Waals surface area (Å²) in [6.07, 6.45) is 0.417. The highest BCUT2D eigenvalue weighted by Gasteiger charge is 2.34. The maximum atomic E-state index is 13.0. The summed E-state index contributed by atoms with van der Waals surface area (Å²) in [4.78, 5) is 16.4. The van der Waals surface area contributed by atoms with E-state index >= 15 is 0 Å². The molecule has 0 aromatic heterocycles. The van der Waals surface area contributed by atoms with Gasteiger partial charge in [-0.3, -0.25) is 4.79 Å². The summed E-state index contributed by atoms with van der Waals surface area (Å²) in [5.41, 5.74) is 1.95. The molecular formula is C21H25FN2O4S. The van der Waals surface area contributed by atoms with Gasteiger partial charge in [0.25, 0.3) is 5.91 Å². The van der Waals surface area contributed by atoms with Crippen molar-refractivity contribution < 1.29 is 22.3 Å². The van der Waals surface area contributed by atoms with Crippen LogP contribution in [0.3, 0.4) is 0 Å². The first-order valence-electron chi connectivity index (χ1n) is 9.38. The van der Waals surface area contributed by atoms with Crippen LogP contribution in [0, 0.1) is 5.82 Å². The first-order valence-corrected chi connectivity index (χ1v) is 11.2. The minimum absolute atomic E-state index is 0.0366. The SMILES string of the molecule is CN(C)c1ccc(CN(C(=O)COc2ccc(F)cc2)[C@H]2CCS(=O)(=O)C2)cc1. The fourth-order valence-electron chi connectivity index (χ4n) is 3.30. The first kappa shape index (κ1) is 21.1. The van der Waals surface area contributed by atoms with Crippen molar-refractivity contribution in [2.45, 2.75) is 19.0 Å². The fourth-order valence-corrected chi connectivity index (χ4v) is 5.03. The van der Waals surface area contributed by atoms with E-state index in [2.05, 4.69) is 0 Å². The maximum absolute atomic E-state index is 13.0. The summed E-state index contributed by atoms with van der Waals surface area (Å²) >= 11 is 0. The lowest BCUT2D eigenvalue weighted by molar-refractivity contribution is -0.136. The van der Waals surface area contributed by atoms with Crippen molar-refractivity contribution in [1.29, 1.82) is 0 Å². The van der Waals surface area contributed by atoms with Gasteiger partial charge in [-0.25, -0.2) is 12.8 Å². The third-order valence-corrected chi connectivity index (χ3v) is 6.70. The quantitative estimate of drug-likeness (QED) is 0.689. The van der Waals surface area contributed by atoms with E-state index in [1.54, 1.807) is 4.90 Å². The van der Waals surface area contributed by atoms with Gasteiger partial charge in [0, 0.05) is 32.4 Å². The highest BCUT2D eigenvalue weighted by Crippen LogP contribution is 2.22. The smallest absolute Gasteiger partial charge is 0.261 e. The minimum Gasteiger partial charge on any atom is -0.484 e. The molecule has 1 heterocycles. The van der Waals surface area contributed by atoms with Crippen LogP contribution in [0.5, 0.6) is 5.75 Å². The number of halogens is 1. The van der Waals surface area contributed by atoms with Crippen molar-refractivity contribution in [3.63, 3.8) is 0 Å². The molecule has 0 N–H and O–H groups in total. The number of carbonyl (C=O) groups excluding carboxylic acids is 1. The normalized spacial score (nSPS) is 17.7. The molecule has 1 fully saturated rings. The predicted octanol–water partition coefficient (Wildman–Crippen LogP) is 2.49. The van der Waals surface area contributed by atoms with Crippen LogP contribution in [-0.2, 0) is 21.2 Å². The van der Waals surface area contributed by atoms with Gasteiger partial charge in [0.15, 0.2) is 16.4 Å². The molecule has 2 aromatic rings. The van der Waals surface area contributed by atoms with Crippen molar-refractivity contribution in [1.82, 2.24) is 4.90 Å². The molecule has 156 valence electrons. The number of sulfone groups is 1. The first-order chi connectivity index (χ1) is 13.7. The largest absolute Gasteiger partial charge is 0.484 e. The monoisotopic (exact) mass is 420 g/mol. The van der Waals surface area contributed by atoms with Crippen molar-refractivity contribution in [3.05, 3.63) is 59.9 Å². The number of benzene rings is 2. The molecule has 0 saturated carbocycles. The Morgan fingerprint density at radius 3 is 2.31 bits per heavy atom. The Morgan fingerprint density at radius 2 is 1.76 bits per heavy atom. The maximum Gasteiger partial charge on any atom is 0.261 e. The molecule has 0 unspecified atom stereocenters. The van der Waals surface area contributed by atoms with Gasteiger partial charge >= 0.3 is 0 Å². The van der Waals surface area contributed by atoms with Gasteiger partial charge in [0.05, 0.1) is 11.5 Å². The Hall–Kier alpha value is -2.61. The molecular weight excluding hydrogens is 395 g/mol. The third-order valence-electron chi connectivity index (χ3n) is 4.95. The van der Waals surface area contributed by atoms with E-state index in [0.717, 1.165) is 11.3 Å². The summed E-state index contributed by atoms with van der Waals surface area (Å²) in [5, 5.41) is 0. The Kier molecular flexibility index (Phi) is 6.42. The number of amides is 1. The van der Waals surface area contributed by atoms with E-state index in [9.17, 15) is 17.6 Å². The minimum atomic E-state index is -3.14. The van der Waals surface area contributed by atoms with Crippen LogP contribution in [-0.4, -0.2) is 57.5 Å². The number of hydrogen-bond donors (Lipinski definition) is 0. The highest BCUT2D eigenvalue weighted by molar-refractivity contribution is 7.91. The molecule has 0 radical (unpaired) electrons. The lowest BCUT2D eigenvalue weighted by Crippen LogP contribution is -2.43. The van der Waals surface area contributed by atoms with Gasteiger partial charge in [0.1, 0.15) is 11.6 Å². The summed E-state index contributed by atoms with van der Waals surface area (Å²) < 4.78 is 42.4. The Morgan fingerprint density at radius 1 is 1.10 bits per heavy atom. The van der Waals surface area contributed by atoms with Crippen molar-refractivity contribution in [2.75, 3.05) is 37.1 Å². The zero-order chi connectivity index (χ0) is 21.0. The van der Waals surface area contributed by atoms with Gasteiger partial charge in [-0.2, -0.15) is 0 Å². The third kappa shape index (κ3) is 5.69. The van der Waals surface area contributed by atoms with Gasteiger partial charge in [-0.1, -0.05) is 12.1 Å². The van der Waals surface area contributed by atoms with Crippen molar-refractivity contribution >= 4 is 21.4 Å². The van der Waals surface area contributed by atoms with E-state index in [1.165, 1.54) is 24.3 Å². The second-order valence-electron chi connectivity index (χ2n) is 7.38. The molecule has 0 bridgehead atoms. The van der Waals surface area contributed by atoms with Gasteiger partial charge in [-0.15, -0.1) is 0 Å². The van der Waals surface area contributed by atoms with Crippen LogP contribution in [0.4, 0.5) is 10.1 Å². The fraction of sp³-hybridized carbons (Fsp3) is 0.381. The van der Waals surface area contributed by atoms with E-state index in [4.69, 9.17) is 4.74 Å². The lowest BCUT2D eigenvalue weighted by atomic mass is 10.1. The second-order valence-corrected chi connectivity index (χ2v) is 9.61. The second kappa shape index (κ2) is 8.82. The molecule has 3 rings (SSSR count). The van der Waals surface area contributed by atoms with Crippen LogP contribution in [0.25, 0.3) is 0 Å². The summed E-state index contributed by atoms with van der Waals surface area (Å²) in [6, 6.07) is 12.8.